The molecular weight excluding hydrogens is 324 g/mol. The van der Waals surface area contributed by atoms with Crippen molar-refractivity contribution in [2.24, 2.45) is 0 Å². The molecule has 0 saturated carbocycles. The van der Waals surface area contributed by atoms with Crippen LogP contribution >= 0.6 is 11.8 Å². The minimum Gasteiger partial charge on any atom is -0.508 e. The number of aliphatic hydroxyl groups excluding tert-OH is 1. The molecule has 0 aliphatic carbocycles. The highest BCUT2D eigenvalue weighted by Crippen LogP contribution is 2.52. The lowest BCUT2D eigenvalue weighted by Crippen LogP contribution is -2.14. The quantitative estimate of drug-likeness (QED) is 0.384. The Morgan fingerprint density at radius 3 is 2.67 bits per heavy atom. The van der Waals surface area contributed by atoms with Crippen LogP contribution < -0.4 is 0 Å². The highest BCUT2D eigenvalue weighted by molar-refractivity contribution is 8.14. The SMILES string of the molecule is CCCCC[C@@H](O)[C@H]1SC(=O)c2c(O)c(CC=C(C)C)cc(O)c21. The third-order valence-electron chi connectivity index (χ3n) is 4.30. The first-order chi connectivity index (χ1) is 11.4. The summed E-state index contributed by atoms with van der Waals surface area (Å²) in [5.74, 6) is -0.0843. The lowest BCUT2D eigenvalue weighted by Gasteiger charge is -2.19. The first kappa shape index (κ1) is 18.9. The molecule has 2 rings (SSSR count). The van der Waals surface area contributed by atoms with Crippen LogP contribution in [0.25, 0.3) is 0 Å². The van der Waals surface area contributed by atoms with Crippen molar-refractivity contribution in [1.29, 1.82) is 0 Å². The van der Waals surface area contributed by atoms with Crippen molar-refractivity contribution < 1.29 is 20.1 Å². The number of hydrogen-bond donors (Lipinski definition) is 3. The second-order valence-corrected chi connectivity index (χ2v) is 7.68. The Bertz CT molecular complexity index is 647. The van der Waals surface area contributed by atoms with Crippen molar-refractivity contribution in [2.75, 3.05) is 0 Å². The molecule has 1 aromatic carbocycles. The number of benzene rings is 1. The predicted molar refractivity (Wildman–Crippen MR) is 97.7 cm³/mol. The average molecular weight is 350 g/mol. The van der Waals surface area contributed by atoms with Gasteiger partial charge in [-0.15, -0.1) is 0 Å². The zero-order valence-corrected chi connectivity index (χ0v) is 15.3. The molecule has 5 heteroatoms. The molecule has 0 bridgehead atoms. The van der Waals surface area contributed by atoms with Gasteiger partial charge in [0.15, 0.2) is 0 Å². The second kappa shape index (κ2) is 8.08. The molecule has 0 fully saturated rings. The van der Waals surface area contributed by atoms with Gasteiger partial charge in [0.05, 0.1) is 16.9 Å². The summed E-state index contributed by atoms with van der Waals surface area (Å²) < 4.78 is 0. The number of aromatic hydroxyl groups is 2. The molecule has 0 amide bonds. The van der Waals surface area contributed by atoms with Gasteiger partial charge in [0.2, 0.25) is 5.12 Å². The third-order valence-corrected chi connectivity index (χ3v) is 5.52. The van der Waals surface area contributed by atoms with E-state index in [0.29, 0.717) is 24.0 Å². The van der Waals surface area contributed by atoms with Crippen molar-refractivity contribution in [1.82, 2.24) is 0 Å². The summed E-state index contributed by atoms with van der Waals surface area (Å²) in [4.78, 5) is 12.3. The van der Waals surface area contributed by atoms with Crippen LogP contribution in [0.15, 0.2) is 17.7 Å². The van der Waals surface area contributed by atoms with Crippen LogP contribution in [0.5, 0.6) is 11.5 Å². The van der Waals surface area contributed by atoms with E-state index in [1.807, 2.05) is 19.9 Å². The molecule has 1 aliphatic heterocycles. The van der Waals surface area contributed by atoms with E-state index >= 15 is 0 Å². The topological polar surface area (TPSA) is 77.8 Å². The molecule has 0 spiro atoms. The van der Waals surface area contributed by atoms with Crippen LogP contribution in [0.3, 0.4) is 0 Å². The van der Waals surface area contributed by atoms with Crippen LogP contribution in [0.1, 0.15) is 73.2 Å². The third kappa shape index (κ3) is 3.95. The van der Waals surface area contributed by atoms with Gasteiger partial charge in [-0.05, 0) is 32.8 Å². The number of carbonyl (C=O) groups excluding carboxylic acids is 1. The maximum absolute atomic E-state index is 12.3. The number of thioether (sulfide) groups is 1. The fraction of sp³-hybridized carbons (Fsp3) is 0.526. The van der Waals surface area contributed by atoms with Gasteiger partial charge in [0, 0.05) is 11.1 Å². The minimum absolute atomic E-state index is 0.0159. The van der Waals surface area contributed by atoms with E-state index < -0.39 is 11.4 Å². The molecule has 0 saturated heterocycles. The van der Waals surface area contributed by atoms with Gasteiger partial charge in [-0.1, -0.05) is 49.6 Å². The van der Waals surface area contributed by atoms with Gasteiger partial charge in [-0.3, -0.25) is 4.79 Å². The van der Waals surface area contributed by atoms with E-state index in [-0.39, 0.29) is 22.2 Å². The Hall–Kier alpha value is -1.46. The number of fused-ring (bicyclic) bond motifs is 1. The summed E-state index contributed by atoms with van der Waals surface area (Å²) in [7, 11) is 0. The highest BCUT2D eigenvalue weighted by atomic mass is 32.2. The van der Waals surface area contributed by atoms with Crippen LogP contribution in [0.4, 0.5) is 0 Å². The van der Waals surface area contributed by atoms with Crippen molar-refractivity contribution in [3.05, 3.63) is 34.4 Å². The fourth-order valence-corrected chi connectivity index (χ4v) is 4.16. The van der Waals surface area contributed by atoms with E-state index in [4.69, 9.17) is 0 Å². The predicted octanol–water partition coefficient (Wildman–Crippen LogP) is 4.48. The van der Waals surface area contributed by atoms with Crippen LogP contribution in [-0.2, 0) is 6.42 Å². The molecule has 3 N–H and O–H groups in total. The smallest absolute Gasteiger partial charge is 0.224 e. The highest BCUT2D eigenvalue weighted by Gasteiger charge is 2.40. The Labute approximate surface area is 147 Å². The molecule has 1 heterocycles. The number of unbranched alkanes of at least 4 members (excludes halogenated alkanes) is 2. The summed E-state index contributed by atoms with van der Waals surface area (Å²) in [5.41, 5.74) is 2.17. The number of aliphatic hydroxyl groups is 1. The number of carbonyl (C=O) groups is 1. The first-order valence-electron chi connectivity index (χ1n) is 8.46. The van der Waals surface area contributed by atoms with Crippen molar-refractivity contribution in [3.63, 3.8) is 0 Å². The summed E-state index contributed by atoms with van der Waals surface area (Å²) >= 11 is 0.998. The number of allylic oxidation sites excluding steroid dienone is 2. The van der Waals surface area contributed by atoms with E-state index in [1.165, 1.54) is 6.07 Å². The minimum atomic E-state index is -0.708. The van der Waals surface area contributed by atoms with Gasteiger partial charge < -0.3 is 15.3 Å². The summed E-state index contributed by atoms with van der Waals surface area (Å²) in [6.07, 6.45) is 5.22. The molecule has 24 heavy (non-hydrogen) atoms. The maximum atomic E-state index is 12.3. The summed E-state index contributed by atoms with van der Waals surface area (Å²) in [6.45, 7) is 6.00. The lowest BCUT2D eigenvalue weighted by molar-refractivity contribution is 0.108. The van der Waals surface area contributed by atoms with Crippen molar-refractivity contribution in [3.8, 4) is 11.5 Å². The standard InChI is InChI=1S/C19H26O4S/c1-4-5-6-7-13(20)18-15-14(21)10-12(9-8-11(2)3)17(22)16(15)19(23)24-18/h8,10,13,18,20-22H,4-7,9H2,1-3H3/t13-,18-/m1/s1. The van der Waals surface area contributed by atoms with Crippen LogP contribution in [0, 0.1) is 0 Å². The van der Waals surface area contributed by atoms with E-state index in [2.05, 4.69) is 6.92 Å². The number of rotatable bonds is 7. The fourth-order valence-electron chi connectivity index (χ4n) is 2.95. The monoisotopic (exact) mass is 350 g/mol. The van der Waals surface area contributed by atoms with E-state index in [9.17, 15) is 20.1 Å². The molecule has 4 nitrogen and oxygen atoms in total. The largest absolute Gasteiger partial charge is 0.508 e. The number of hydrogen-bond acceptors (Lipinski definition) is 5. The van der Waals surface area contributed by atoms with Gasteiger partial charge in [0.25, 0.3) is 0 Å². The molecule has 1 aliphatic rings. The summed E-state index contributed by atoms with van der Waals surface area (Å²) in [6, 6.07) is 1.51. The number of phenolic OH excluding ortho intramolecular Hbond substituents is 2. The zero-order chi connectivity index (χ0) is 17.9. The van der Waals surface area contributed by atoms with Gasteiger partial charge in [-0.2, -0.15) is 0 Å². The van der Waals surface area contributed by atoms with Crippen LogP contribution in [0.2, 0.25) is 0 Å². The molecule has 0 unspecified atom stereocenters. The lowest BCUT2D eigenvalue weighted by atomic mass is 9.94. The molecule has 1 aromatic rings. The molecule has 2 atom stereocenters. The number of phenols is 2. The van der Waals surface area contributed by atoms with Gasteiger partial charge in [0.1, 0.15) is 11.5 Å². The molecule has 0 aromatic heterocycles. The molecular formula is C19H26O4S. The normalized spacial score (nSPS) is 17.7. The van der Waals surface area contributed by atoms with Gasteiger partial charge >= 0.3 is 0 Å². The van der Waals surface area contributed by atoms with E-state index in [1.54, 1.807) is 0 Å². The zero-order valence-electron chi connectivity index (χ0n) is 14.5. The van der Waals surface area contributed by atoms with Crippen molar-refractivity contribution in [2.45, 2.75) is 64.2 Å². The second-order valence-electron chi connectivity index (χ2n) is 6.57. The van der Waals surface area contributed by atoms with Crippen molar-refractivity contribution >= 4 is 16.9 Å². The maximum Gasteiger partial charge on any atom is 0.224 e. The Morgan fingerprint density at radius 2 is 2.04 bits per heavy atom. The Kier molecular flexibility index (Phi) is 6.35. The van der Waals surface area contributed by atoms with Gasteiger partial charge in [-0.25, -0.2) is 0 Å². The van der Waals surface area contributed by atoms with Crippen LogP contribution in [-0.4, -0.2) is 26.5 Å². The van der Waals surface area contributed by atoms with E-state index in [0.717, 1.165) is 36.6 Å². The molecule has 132 valence electrons. The Morgan fingerprint density at radius 1 is 1.33 bits per heavy atom. The molecule has 0 radical (unpaired) electrons. The summed E-state index contributed by atoms with van der Waals surface area (Å²) in [5, 5.41) is 30.5. The Balaban J connectivity index is 2.33. The average Bonchev–Trinajstić information content (AvgIpc) is 2.88. The first-order valence-corrected chi connectivity index (χ1v) is 9.34.